The second-order valence-electron chi connectivity index (χ2n) is 23.5. The van der Waals surface area contributed by atoms with Gasteiger partial charge in [0.25, 0.3) is 0 Å². The monoisotopic (exact) mass is 1650 g/mol. The van der Waals surface area contributed by atoms with Gasteiger partial charge in [0.15, 0.2) is 23.3 Å². The molecule has 2 aliphatic heterocycles. The van der Waals surface area contributed by atoms with Crippen LogP contribution < -0.4 is 0 Å². The number of rotatable bonds is 16. The number of aromatic nitrogens is 8. The van der Waals surface area contributed by atoms with Gasteiger partial charge in [-0.3, -0.25) is 0 Å². The summed E-state index contributed by atoms with van der Waals surface area (Å²) in [5, 5.41) is 7.95. The fraction of sp³-hybridized carbons (Fsp3) is 0. The molecule has 0 saturated carbocycles. The largest absolute Gasteiger partial charge is 0.324 e. The zero-order chi connectivity index (χ0) is 70.7. The molecule has 2 aliphatic rings. The molecule has 0 spiro atoms. The molecule has 2 N–H and O–H groups in total. The molecule has 0 unspecified atom stereocenters. The van der Waals surface area contributed by atoms with Crippen LogP contribution in [-0.2, 0) is 0 Å². The van der Waals surface area contributed by atoms with Gasteiger partial charge in [-0.25, -0.2) is 29.9 Å². The van der Waals surface area contributed by atoms with E-state index in [-0.39, 0.29) is 0 Å². The van der Waals surface area contributed by atoms with Crippen LogP contribution in [0.5, 0.6) is 0 Å². The minimum absolute atomic E-state index is 0.402. The highest BCUT2D eigenvalue weighted by molar-refractivity contribution is 8.03. The van der Waals surface area contributed by atoms with Gasteiger partial charge < -0.3 is 9.97 Å². The van der Waals surface area contributed by atoms with Crippen LogP contribution in [-0.4, -0.2) is 39.9 Å². The maximum absolute atomic E-state index is 6.73. The molecule has 12 aromatic carbocycles. The summed E-state index contributed by atoms with van der Waals surface area (Å²) in [4.78, 5) is 56.3. The molecule has 0 amide bonds. The van der Waals surface area contributed by atoms with Crippen molar-refractivity contribution in [3.8, 4) is 45.6 Å². The Balaban J connectivity index is 0.995. The van der Waals surface area contributed by atoms with Crippen molar-refractivity contribution in [3.63, 3.8) is 0 Å². The number of nitrogens with zero attached hydrogens (tertiary/aromatic N) is 6. The molecule has 0 radical (unpaired) electrons. The van der Waals surface area contributed by atoms with Crippen LogP contribution in [0.25, 0.3) is 89.7 Å². The molecule has 5 heterocycles. The second-order valence-corrected chi connectivity index (χ2v) is 35.9. The average Bonchev–Trinajstić information content (AvgIpc) is 1.59. The smallest absolute Gasteiger partial charge is 0.164 e. The van der Waals surface area contributed by atoms with E-state index in [0.29, 0.717) is 86.1 Å². The fourth-order valence-electron chi connectivity index (χ4n) is 11.7. The lowest BCUT2D eigenvalue weighted by atomic mass is 10.1. The maximum atomic E-state index is 6.73. The first-order chi connectivity index (χ1) is 50.6. The Morgan fingerprint density at radius 2 is 0.356 bits per heavy atom. The third-order valence-corrected chi connectivity index (χ3v) is 27.1. The quantitative estimate of drug-likeness (QED) is 0.0958. The van der Waals surface area contributed by atoms with E-state index < -0.39 is 0 Å². The van der Waals surface area contributed by atoms with Crippen molar-refractivity contribution in [2.24, 2.45) is 0 Å². The van der Waals surface area contributed by atoms with Gasteiger partial charge in [-0.05, 0) is 194 Å². The summed E-state index contributed by atoms with van der Waals surface area (Å²) < 4.78 is 0. The second kappa shape index (κ2) is 30.4. The van der Waals surface area contributed by atoms with Gasteiger partial charge >= 0.3 is 0 Å². The van der Waals surface area contributed by atoms with E-state index in [0.717, 1.165) is 122 Å². The van der Waals surface area contributed by atoms with Crippen molar-refractivity contribution < 1.29 is 0 Å². The number of hydrogen-bond donors (Lipinski definition) is 2. The summed E-state index contributed by atoms with van der Waals surface area (Å²) in [6.45, 7) is 0. The van der Waals surface area contributed by atoms with E-state index in [1.807, 2.05) is 194 Å². The molecule has 0 aliphatic carbocycles. The van der Waals surface area contributed by atoms with Gasteiger partial charge in [0.2, 0.25) is 0 Å². The molecular formula is C80H42Cl8N8S8. The normalized spacial score (nSPS) is 11.8. The molecule has 0 fully saturated rings. The average molecular weight is 1660 g/mol. The molecule has 8 nitrogen and oxygen atoms in total. The first-order valence-corrected chi connectivity index (χ1v) is 41.2. The summed E-state index contributed by atoms with van der Waals surface area (Å²) in [5.74, 6) is 1.61. The third-order valence-electron chi connectivity index (χ3n) is 16.3. The topological polar surface area (TPSA) is 109 Å². The summed E-state index contributed by atoms with van der Waals surface area (Å²) in [6, 6.07) is 79.9. The number of H-pyrrole nitrogens is 2. The molecule has 8 bridgehead atoms. The van der Waals surface area contributed by atoms with Crippen molar-refractivity contribution in [1.82, 2.24) is 39.9 Å². The van der Waals surface area contributed by atoms with Crippen LogP contribution in [0.4, 0.5) is 0 Å². The molecular weight excluding hydrogens is 1610 g/mol. The van der Waals surface area contributed by atoms with Crippen molar-refractivity contribution in [1.29, 1.82) is 0 Å². The highest BCUT2D eigenvalue weighted by Crippen LogP contribution is 2.52. The molecule has 506 valence electrons. The van der Waals surface area contributed by atoms with Crippen LogP contribution >= 0.6 is 187 Å². The molecule has 104 heavy (non-hydrogen) atoms. The zero-order valence-electron chi connectivity index (χ0n) is 53.1. The molecule has 0 saturated heterocycles. The van der Waals surface area contributed by atoms with Crippen molar-refractivity contribution in [2.45, 2.75) is 78.3 Å². The van der Waals surface area contributed by atoms with Gasteiger partial charge in [0.05, 0.1) is 0 Å². The van der Waals surface area contributed by atoms with Crippen LogP contribution in [0.1, 0.15) is 0 Å². The van der Waals surface area contributed by atoms with Gasteiger partial charge in [0.1, 0.15) is 22.6 Å². The van der Waals surface area contributed by atoms with Crippen LogP contribution in [0.3, 0.4) is 0 Å². The summed E-state index contributed by atoms with van der Waals surface area (Å²) in [7, 11) is 0. The lowest BCUT2D eigenvalue weighted by Gasteiger charge is -2.13. The summed E-state index contributed by atoms with van der Waals surface area (Å²) in [5.41, 5.74) is 4.90. The standard InChI is InChI=1S/C80H42Cl8N8S8/c81-41-9-1-17-49(25-41)97-65-33-57-58(34-66(65)98-50-18-2-10-42(82)26-50)74-89-73(57)93-75-59-35-67(99-51-19-3-11-43(83)27-51)68(100-52-20-4-12-44(84)28-52)36-60(59)77(90-75)95-79-63-39-71(103-55-23-7-15-47(87)31-55)72(104-56-24-8-16-48(88)32-56)40-64(63)80(92-79)96-78-62-38-70(102-54-22-6-14-46(86)30-54)69(37-61(62)76(91-78)94-74)101-53-21-5-13-45(85)29-53/h1-40H,(H2,89,90,91,92,93,94,95,96). The SMILES string of the molecule is Clc1cccc(Sc2cc3c(cc2Sc2cccc(Cl)c2)-c2nc-3nc3[nH]c(nc4nc(nc5[nH]c(n2)c2cc(Sc6cccc(Cl)c6)c(Sc6cccc(Cl)c6)cc52)-c2cc(Sc5cccc(Cl)c5)c(Sc5cccc(Cl)c5)cc2-4)c2cc(Sc4cccc(Cl)c4)c(Sc4cccc(Cl)c4)cc32)c1. The highest BCUT2D eigenvalue weighted by Gasteiger charge is 2.28. The Morgan fingerprint density at radius 3 is 0.519 bits per heavy atom. The third kappa shape index (κ3) is 15.5. The van der Waals surface area contributed by atoms with E-state index in [1.165, 1.54) is 0 Å². The van der Waals surface area contributed by atoms with E-state index in [1.54, 1.807) is 94.1 Å². The Hall–Kier alpha value is -6.88. The van der Waals surface area contributed by atoms with Gasteiger partial charge in [0, 0.05) is 162 Å². The van der Waals surface area contributed by atoms with Gasteiger partial charge in [-0.2, -0.15) is 0 Å². The molecule has 3 aromatic heterocycles. The lowest BCUT2D eigenvalue weighted by molar-refractivity contribution is 1.19. The highest BCUT2D eigenvalue weighted by atomic mass is 35.5. The number of benzene rings is 12. The van der Waals surface area contributed by atoms with E-state index in [2.05, 4.69) is 58.5 Å². The fourth-order valence-corrected chi connectivity index (χ4v) is 22.1. The number of fused-ring (bicyclic) bond motifs is 20. The van der Waals surface area contributed by atoms with Crippen molar-refractivity contribution >= 4 is 231 Å². The summed E-state index contributed by atoms with van der Waals surface area (Å²) >= 11 is 66.6. The first kappa shape index (κ1) is 70.1. The molecule has 17 rings (SSSR count). The van der Waals surface area contributed by atoms with Gasteiger partial charge in [-0.1, -0.05) is 235 Å². The Bertz CT molecular complexity index is 5470. The predicted molar refractivity (Wildman–Crippen MR) is 441 cm³/mol. The number of halogens is 8. The Morgan fingerprint density at radius 1 is 0.192 bits per heavy atom. The molecule has 24 heteroatoms. The van der Waals surface area contributed by atoms with Crippen LogP contribution in [0.2, 0.25) is 40.2 Å². The van der Waals surface area contributed by atoms with E-state index >= 15 is 0 Å². The van der Waals surface area contributed by atoms with E-state index in [4.69, 9.17) is 123 Å². The van der Waals surface area contributed by atoms with Crippen molar-refractivity contribution in [3.05, 3.63) is 283 Å². The maximum Gasteiger partial charge on any atom is 0.164 e. The first-order valence-electron chi connectivity index (χ1n) is 31.7. The molecule has 0 atom stereocenters. The van der Waals surface area contributed by atoms with Crippen LogP contribution in [0, 0.1) is 0 Å². The predicted octanol–water partition coefficient (Wildman–Crippen LogP) is 29.3. The zero-order valence-corrected chi connectivity index (χ0v) is 65.6. The number of aromatic amines is 2. The Kier molecular flexibility index (Phi) is 20.5. The minimum Gasteiger partial charge on any atom is -0.324 e. The van der Waals surface area contributed by atoms with E-state index in [9.17, 15) is 0 Å². The lowest BCUT2D eigenvalue weighted by Crippen LogP contribution is -1.88. The summed E-state index contributed by atoms with van der Waals surface area (Å²) in [6.07, 6.45) is 0. The number of hydrogen-bond acceptors (Lipinski definition) is 14. The van der Waals surface area contributed by atoms with Gasteiger partial charge in [-0.15, -0.1) is 0 Å². The van der Waals surface area contributed by atoms with Crippen molar-refractivity contribution in [2.75, 3.05) is 0 Å². The number of nitrogens with one attached hydrogen (secondary N) is 2. The molecule has 15 aromatic rings. The Labute approximate surface area is 670 Å². The van der Waals surface area contributed by atoms with Crippen LogP contribution in [0.15, 0.2) is 321 Å². The minimum atomic E-state index is 0.402.